The van der Waals surface area contributed by atoms with Crippen molar-refractivity contribution < 1.29 is 14.2 Å². The topological polar surface area (TPSA) is 53.5 Å². The molecule has 4 aromatic rings. The Labute approximate surface area is 143 Å². The standard InChI is InChI=1S/C20H14N2O3/c1-23-13-4-2-12(3-5-13)20-16-10-22-17-9-19-18(24-11-25-19)8-15(17)14(16)6-7-21-20/h2-10H,11H2,1H3. The molecule has 0 unspecified atom stereocenters. The molecule has 0 amide bonds. The number of rotatable bonds is 2. The van der Waals surface area contributed by atoms with Crippen LogP contribution in [0.25, 0.3) is 32.9 Å². The van der Waals surface area contributed by atoms with Crippen LogP contribution in [-0.2, 0) is 0 Å². The number of hydrogen-bond acceptors (Lipinski definition) is 5. The highest BCUT2D eigenvalue weighted by atomic mass is 16.7. The van der Waals surface area contributed by atoms with Gasteiger partial charge >= 0.3 is 0 Å². The molecule has 0 saturated carbocycles. The van der Waals surface area contributed by atoms with Crippen molar-refractivity contribution in [1.82, 2.24) is 9.97 Å². The molecule has 0 radical (unpaired) electrons. The van der Waals surface area contributed by atoms with Crippen LogP contribution in [0.5, 0.6) is 17.2 Å². The zero-order valence-electron chi connectivity index (χ0n) is 13.5. The number of benzene rings is 2. The zero-order chi connectivity index (χ0) is 16.8. The van der Waals surface area contributed by atoms with E-state index in [1.165, 1.54) is 0 Å². The summed E-state index contributed by atoms with van der Waals surface area (Å²) >= 11 is 0. The van der Waals surface area contributed by atoms with Crippen molar-refractivity contribution in [2.75, 3.05) is 13.9 Å². The van der Waals surface area contributed by atoms with Crippen LogP contribution in [0.4, 0.5) is 0 Å². The summed E-state index contributed by atoms with van der Waals surface area (Å²) in [5.74, 6) is 2.31. The molecule has 5 rings (SSSR count). The largest absolute Gasteiger partial charge is 0.497 e. The number of hydrogen-bond donors (Lipinski definition) is 0. The molecule has 0 N–H and O–H groups in total. The van der Waals surface area contributed by atoms with E-state index >= 15 is 0 Å². The molecule has 25 heavy (non-hydrogen) atoms. The van der Waals surface area contributed by atoms with Gasteiger partial charge in [0.15, 0.2) is 11.5 Å². The van der Waals surface area contributed by atoms with Gasteiger partial charge in [-0.25, -0.2) is 0 Å². The monoisotopic (exact) mass is 330 g/mol. The minimum atomic E-state index is 0.252. The molecule has 0 bridgehead atoms. The summed E-state index contributed by atoms with van der Waals surface area (Å²) in [6.45, 7) is 0.252. The molecular formula is C20H14N2O3. The summed E-state index contributed by atoms with van der Waals surface area (Å²) in [6, 6.07) is 13.8. The van der Waals surface area contributed by atoms with Gasteiger partial charge in [-0.05, 0) is 41.8 Å². The van der Waals surface area contributed by atoms with Gasteiger partial charge in [0.1, 0.15) is 5.75 Å². The summed E-state index contributed by atoms with van der Waals surface area (Å²) in [5, 5.41) is 3.11. The van der Waals surface area contributed by atoms with Gasteiger partial charge in [0.05, 0.1) is 18.3 Å². The van der Waals surface area contributed by atoms with Crippen molar-refractivity contribution in [2.45, 2.75) is 0 Å². The lowest BCUT2D eigenvalue weighted by Crippen LogP contribution is -1.92. The molecule has 0 atom stereocenters. The Kier molecular flexibility index (Phi) is 3.00. The van der Waals surface area contributed by atoms with E-state index in [9.17, 15) is 0 Å². The van der Waals surface area contributed by atoms with Crippen molar-refractivity contribution >= 4 is 21.7 Å². The lowest BCUT2D eigenvalue weighted by atomic mass is 10.0. The highest BCUT2D eigenvalue weighted by molar-refractivity contribution is 6.10. The second-order valence-corrected chi connectivity index (χ2v) is 5.83. The number of nitrogens with zero attached hydrogens (tertiary/aromatic N) is 2. The van der Waals surface area contributed by atoms with Gasteiger partial charge in [-0.15, -0.1) is 0 Å². The molecule has 0 spiro atoms. The Bertz CT molecular complexity index is 1110. The van der Waals surface area contributed by atoms with Gasteiger partial charge in [-0.2, -0.15) is 0 Å². The fraction of sp³-hybridized carbons (Fsp3) is 0.100. The van der Waals surface area contributed by atoms with Crippen LogP contribution in [0, 0.1) is 0 Å². The number of fused-ring (bicyclic) bond motifs is 4. The van der Waals surface area contributed by atoms with Crippen LogP contribution in [0.2, 0.25) is 0 Å². The summed E-state index contributed by atoms with van der Waals surface area (Å²) in [7, 11) is 1.66. The van der Waals surface area contributed by atoms with Crippen molar-refractivity contribution in [3.63, 3.8) is 0 Å². The first kappa shape index (κ1) is 14.0. The quantitative estimate of drug-likeness (QED) is 0.516. The van der Waals surface area contributed by atoms with Crippen molar-refractivity contribution in [2.24, 2.45) is 0 Å². The molecule has 5 nitrogen and oxygen atoms in total. The third kappa shape index (κ3) is 2.16. The predicted octanol–water partition coefficient (Wildman–Crippen LogP) is 4.19. The molecule has 0 fully saturated rings. The molecule has 122 valence electrons. The number of pyridine rings is 2. The molecule has 1 aliphatic heterocycles. The summed E-state index contributed by atoms with van der Waals surface area (Å²) < 4.78 is 16.2. The Morgan fingerprint density at radius 3 is 2.48 bits per heavy atom. The molecule has 5 heteroatoms. The Hall–Kier alpha value is -3.34. The third-order valence-corrected chi connectivity index (χ3v) is 4.47. The number of methoxy groups -OCH3 is 1. The molecule has 2 aromatic heterocycles. The van der Waals surface area contributed by atoms with Crippen molar-refractivity contribution in [1.29, 1.82) is 0 Å². The van der Waals surface area contributed by atoms with Gasteiger partial charge in [0.2, 0.25) is 6.79 Å². The Balaban J connectivity index is 1.76. The highest BCUT2D eigenvalue weighted by Crippen LogP contribution is 2.39. The molecule has 2 aromatic carbocycles. The van der Waals surface area contributed by atoms with E-state index in [-0.39, 0.29) is 6.79 Å². The van der Waals surface area contributed by atoms with Gasteiger partial charge in [0, 0.05) is 34.8 Å². The number of aromatic nitrogens is 2. The SMILES string of the molecule is COc1ccc(-c2nccc3c2cnc2cc4c(cc23)OCO4)cc1. The molecule has 3 heterocycles. The van der Waals surface area contributed by atoms with Crippen LogP contribution < -0.4 is 14.2 Å². The summed E-state index contributed by atoms with van der Waals surface area (Å²) in [5.41, 5.74) is 2.80. The smallest absolute Gasteiger partial charge is 0.231 e. The van der Waals surface area contributed by atoms with Crippen LogP contribution in [0.15, 0.2) is 54.9 Å². The van der Waals surface area contributed by atoms with Crippen LogP contribution in [0.3, 0.4) is 0 Å². The lowest BCUT2D eigenvalue weighted by molar-refractivity contribution is 0.174. The third-order valence-electron chi connectivity index (χ3n) is 4.47. The van der Waals surface area contributed by atoms with E-state index in [1.54, 1.807) is 7.11 Å². The first-order valence-corrected chi connectivity index (χ1v) is 7.95. The average molecular weight is 330 g/mol. The minimum Gasteiger partial charge on any atom is -0.497 e. The van der Waals surface area contributed by atoms with Gasteiger partial charge in [-0.1, -0.05) is 0 Å². The second kappa shape index (κ2) is 5.34. The fourth-order valence-electron chi connectivity index (χ4n) is 3.21. The maximum Gasteiger partial charge on any atom is 0.231 e. The molecule has 0 saturated heterocycles. The van der Waals surface area contributed by atoms with E-state index < -0.39 is 0 Å². The molecule has 0 aliphatic carbocycles. The van der Waals surface area contributed by atoms with Gasteiger partial charge in [0.25, 0.3) is 0 Å². The van der Waals surface area contributed by atoms with Crippen molar-refractivity contribution in [3.05, 3.63) is 54.9 Å². The van der Waals surface area contributed by atoms with Crippen LogP contribution >= 0.6 is 0 Å². The normalized spacial score (nSPS) is 12.7. The minimum absolute atomic E-state index is 0.252. The lowest BCUT2D eigenvalue weighted by Gasteiger charge is -2.09. The zero-order valence-corrected chi connectivity index (χ0v) is 13.5. The molecule has 1 aliphatic rings. The van der Waals surface area contributed by atoms with E-state index in [1.807, 2.05) is 54.9 Å². The van der Waals surface area contributed by atoms with Gasteiger partial charge < -0.3 is 14.2 Å². The Morgan fingerprint density at radius 1 is 0.880 bits per heavy atom. The fourth-order valence-corrected chi connectivity index (χ4v) is 3.21. The summed E-state index contributed by atoms with van der Waals surface area (Å²) in [6.07, 6.45) is 3.69. The van der Waals surface area contributed by atoms with Crippen molar-refractivity contribution in [3.8, 4) is 28.5 Å². The Morgan fingerprint density at radius 2 is 1.68 bits per heavy atom. The van der Waals surface area contributed by atoms with E-state index in [4.69, 9.17) is 14.2 Å². The predicted molar refractivity (Wildman–Crippen MR) is 95.2 cm³/mol. The van der Waals surface area contributed by atoms with E-state index in [0.717, 1.165) is 50.2 Å². The summed E-state index contributed by atoms with van der Waals surface area (Å²) in [4.78, 5) is 9.18. The second-order valence-electron chi connectivity index (χ2n) is 5.83. The maximum atomic E-state index is 5.52. The van der Waals surface area contributed by atoms with Gasteiger partial charge in [-0.3, -0.25) is 9.97 Å². The first-order valence-electron chi connectivity index (χ1n) is 7.95. The van der Waals surface area contributed by atoms with Crippen LogP contribution in [-0.4, -0.2) is 23.9 Å². The van der Waals surface area contributed by atoms with Crippen LogP contribution in [0.1, 0.15) is 0 Å². The van der Waals surface area contributed by atoms with E-state index in [2.05, 4.69) is 9.97 Å². The molecular weight excluding hydrogens is 316 g/mol. The average Bonchev–Trinajstić information content (AvgIpc) is 3.13. The first-order chi connectivity index (χ1) is 12.3. The highest BCUT2D eigenvalue weighted by Gasteiger charge is 2.17. The maximum absolute atomic E-state index is 5.52. The number of ether oxygens (including phenoxy) is 3. The van der Waals surface area contributed by atoms with E-state index in [0.29, 0.717) is 0 Å².